The van der Waals surface area contributed by atoms with Crippen LogP contribution in [-0.4, -0.2) is 34.3 Å². The number of aliphatic imine (C=N–C) groups is 4. The van der Waals surface area contributed by atoms with E-state index in [9.17, 15) is 4.79 Å². The van der Waals surface area contributed by atoms with Crippen molar-refractivity contribution in [2.45, 2.75) is 19.8 Å². The molecule has 3 heterocycles. The lowest BCUT2D eigenvalue weighted by Crippen LogP contribution is -2.41. The van der Waals surface area contributed by atoms with Crippen molar-refractivity contribution in [1.82, 2.24) is 4.90 Å². The van der Waals surface area contributed by atoms with E-state index < -0.39 is 0 Å². The minimum Gasteiger partial charge on any atom is -0.370 e. The summed E-state index contributed by atoms with van der Waals surface area (Å²) in [5.41, 5.74) is 5.14. The zero-order valence-corrected chi connectivity index (χ0v) is 10.4. The molecular weight excluding hydrogens is 244 g/mol. The van der Waals surface area contributed by atoms with Crippen LogP contribution in [0.25, 0.3) is 0 Å². The van der Waals surface area contributed by atoms with E-state index >= 15 is 0 Å². The van der Waals surface area contributed by atoms with Crippen molar-refractivity contribution in [1.29, 1.82) is 0 Å². The summed E-state index contributed by atoms with van der Waals surface area (Å²) in [5.74, 6) is 2.83. The van der Waals surface area contributed by atoms with E-state index in [2.05, 4.69) is 20.0 Å². The molecule has 0 bridgehead atoms. The molecule has 3 aliphatic heterocycles. The quantitative estimate of drug-likeness (QED) is 0.798. The van der Waals surface area contributed by atoms with Crippen LogP contribution in [0.15, 0.2) is 44.0 Å². The number of nitrogens with two attached hydrogens (primary N) is 1. The van der Waals surface area contributed by atoms with Crippen LogP contribution in [0.3, 0.4) is 0 Å². The highest BCUT2D eigenvalue weighted by Gasteiger charge is 2.29. The number of carbonyl (C=O) groups is 1. The maximum atomic E-state index is 10.8. The topological polar surface area (TPSA) is 95.8 Å². The Morgan fingerprint density at radius 1 is 1.32 bits per heavy atom. The smallest absolute Gasteiger partial charge is 0.240 e. The standard InChI is InChI=1S/C12H12N6O/c1-7-14-10-3-2-4-11-16-9(6-5-8(13)19)17-12(15-7)18(10)11/h2-4H,5-6H2,1H3,(H2,13,19). The maximum Gasteiger partial charge on any atom is 0.240 e. The summed E-state index contributed by atoms with van der Waals surface area (Å²) in [6, 6.07) is 0. The second-order valence-electron chi connectivity index (χ2n) is 4.25. The molecule has 0 spiro atoms. The molecule has 7 heteroatoms. The molecule has 7 nitrogen and oxygen atoms in total. The highest BCUT2D eigenvalue weighted by molar-refractivity contribution is 6.20. The molecule has 1 amide bonds. The third-order valence-corrected chi connectivity index (χ3v) is 2.75. The Morgan fingerprint density at radius 2 is 2.16 bits per heavy atom. The van der Waals surface area contributed by atoms with Crippen LogP contribution in [0, 0.1) is 0 Å². The van der Waals surface area contributed by atoms with Crippen LogP contribution < -0.4 is 5.73 Å². The predicted molar refractivity (Wildman–Crippen MR) is 72.9 cm³/mol. The summed E-state index contributed by atoms with van der Waals surface area (Å²) in [6.07, 6.45) is 6.24. The van der Waals surface area contributed by atoms with Gasteiger partial charge in [0.05, 0.1) is 0 Å². The first-order valence-electron chi connectivity index (χ1n) is 5.90. The molecule has 0 saturated carbocycles. The second-order valence-corrected chi connectivity index (χ2v) is 4.25. The van der Waals surface area contributed by atoms with Gasteiger partial charge in [0, 0.05) is 12.8 Å². The molecule has 0 atom stereocenters. The summed E-state index contributed by atoms with van der Waals surface area (Å²) in [6.45, 7) is 1.81. The number of allylic oxidation sites excluding steroid dienone is 2. The third-order valence-electron chi connectivity index (χ3n) is 2.75. The Morgan fingerprint density at radius 3 is 2.95 bits per heavy atom. The van der Waals surface area contributed by atoms with Crippen molar-refractivity contribution in [3.8, 4) is 0 Å². The highest BCUT2D eigenvalue weighted by atomic mass is 16.1. The highest BCUT2D eigenvalue weighted by Crippen LogP contribution is 2.23. The number of amidine groups is 3. The van der Waals surface area contributed by atoms with Gasteiger partial charge in [0.1, 0.15) is 23.3 Å². The molecule has 0 fully saturated rings. The Hall–Kier alpha value is -2.57. The van der Waals surface area contributed by atoms with Gasteiger partial charge >= 0.3 is 0 Å². The fraction of sp³-hybridized carbons (Fsp3) is 0.250. The summed E-state index contributed by atoms with van der Waals surface area (Å²) >= 11 is 0. The van der Waals surface area contributed by atoms with Crippen molar-refractivity contribution in [3.05, 3.63) is 24.0 Å². The minimum absolute atomic E-state index is 0.225. The van der Waals surface area contributed by atoms with E-state index in [1.165, 1.54) is 0 Å². The number of hydrogen-bond acceptors (Lipinski definition) is 6. The molecule has 96 valence electrons. The van der Waals surface area contributed by atoms with Gasteiger partial charge in [0.25, 0.3) is 0 Å². The summed E-state index contributed by atoms with van der Waals surface area (Å²) in [5, 5.41) is 0. The first kappa shape index (κ1) is 11.5. The van der Waals surface area contributed by atoms with Crippen LogP contribution in [0.2, 0.25) is 0 Å². The molecular formula is C12H12N6O. The van der Waals surface area contributed by atoms with Gasteiger partial charge in [-0.15, -0.1) is 0 Å². The fourth-order valence-corrected chi connectivity index (χ4v) is 1.95. The third kappa shape index (κ3) is 2.10. The van der Waals surface area contributed by atoms with Crippen LogP contribution in [0.1, 0.15) is 19.8 Å². The van der Waals surface area contributed by atoms with Crippen molar-refractivity contribution in [2.75, 3.05) is 0 Å². The number of rotatable bonds is 3. The van der Waals surface area contributed by atoms with Gasteiger partial charge in [-0.1, -0.05) is 6.08 Å². The van der Waals surface area contributed by atoms with Crippen LogP contribution >= 0.6 is 0 Å². The SMILES string of the molecule is CC1=NC2=NC(CCC(N)=O)=NC3=CC=CC(=N1)N32. The number of carbonyl (C=O) groups excluding carboxylic acids is 1. The average molecular weight is 256 g/mol. The number of primary amides is 1. The number of hydrogen-bond donors (Lipinski definition) is 1. The van der Waals surface area contributed by atoms with E-state index in [0.29, 0.717) is 29.9 Å². The number of guanidine groups is 1. The molecule has 3 rings (SSSR count). The minimum atomic E-state index is -0.367. The number of nitrogens with zero attached hydrogens (tertiary/aromatic N) is 5. The predicted octanol–water partition coefficient (Wildman–Crippen LogP) is 0.564. The van der Waals surface area contributed by atoms with Gasteiger partial charge in [-0.3, -0.25) is 4.79 Å². The molecule has 19 heavy (non-hydrogen) atoms. The maximum absolute atomic E-state index is 10.8. The molecule has 0 unspecified atom stereocenters. The van der Waals surface area contributed by atoms with Crippen molar-refractivity contribution < 1.29 is 4.79 Å². The van der Waals surface area contributed by atoms with E-state index in [0.717, 1.165) is 5.84 Å². The van der Waals surface area contributed by atoms with Crippen molar-refractivity contribution >= 4 is 29.4 Å². The summed E-state index contributed by atoms with van der Waals surface area (Å²) in [7, 11) is 0. The molecule has 0 aromatic carbocycles. The Labute approximate surface area is 109 Å². The van der Waals surface area contributed by atoms with Crippen LogP contribution in [-0.2, 0) is 4.79 Å². The van der Waals surface area contributed by atoms with E-state index in [1.807, 2.05) is 25.2 Å². The molecule has 0 radical (unpaired) electrons. The van der Waals surface area contributed by atoms with E-state index in [1.54, 1.807) is 4.90 Å². The van der Waals surface area contributed by atoms with E-state index in [-0.39, 0.29) is 12.3 Å². The first-order chi connectivity index (χ1) is 9.13. The zero-order valence-electron chi connectivity index (χ0n) is 10.4. The Balaban J connectivity index is 1.97. The lowest BCUT2D eigenvalue weighted by molar-refractivity contribution is -0.117. The normalized spacial score (nSPS) is 19.8. The van der Waals surface area contributed by atoms with E-state index in [4.69, 9.17) is 5.73 Å². The van der Waals surface area contributed by atoms with Gasteiger partial charge in [0.2, 0.25) is 11.9 Å². The van der Waals surface area contributed by atoms with Gasteiger partial charge in [0.15, 0.2) is 0 Å². The Bertz CT molecular complexity index is 635. The summed E-state index contributed by atoms with van der Waals surface area (Å²) < 4.78 is 0. The van der Waals surface area contributed by atoms with Crippen molar-refractivity contribution in [3.63, 3.8) is 0 Å². The lowest BCUT2D eigenvalue weighted by atomic mass is 10.2. The first-order valence-corrected chi connectivity index (χ1v) is 5.90. The van der Waals surface area contributed by atoms with Crippen molar-refractivity contribution in [2.24, 2.45) is 25.7 Å². The average Bonchev–Trinajstić information content (AvgIpc) is 2.36. The van der Waals surface area contributed by atoms with Crippen LogP contribution in [0.4, 0.5) is 0 Å². The molecule has 0 aliphatic carbocycles. The number of amides is 1. The molecule has 2 N–H and O–H groups in total. The molecule has 0 saturated heterocycles. The second kappa shape index (κ2) is 4.27. The largest absolute Gasteiger partial charge is 0.370 e. The molecule has 3 aliphatic rings. The molecule has 0 aromatic rings. The van der Waals surface area contributed by atoms with Crippen LogP contribution in [0.5, 0.6) is 0 Å². The van der Waals surface area contributed by atoms with Gasteiger partial charge in [-0.2, -0.15) is 9.98 Å². The monoisotopic (exact) mass is 256 g/mol. The van der Waals surface area contributed by atoms with Gasteiger partial charge in [-0.05, 0) is 19.1 Å². The lowest BCUT2D eigenvalue weighted by Gasteiger charge is -2.30. The van der Waals surface area contributed by atoms with Gasteiger partial charge in [-0.25, -0.2) is 14.9 Å². The fourth-order valence-electron chi connectivity index (χ4n) is 1.95. The molecule has 0 aromatic heterocycles. The zero-order chi connectivity index (χ0) is 13.4. The van der Waals surface area contributed by atoms with Gasteiger partial charge < -0.3 is 5.73 Å². The Kier molecular flexibility index (Phi) is 2.59. The summed E-state index contributed by atoms with van der Waals surface area (Å²) in [4.78, 5) is 30.0.